The maximum atomic E-state index is 10.4. The minimum absolute atomic E-state index is 0.251. The summed E-state index contributed by atoms with van der Waals surface area (Å²) in [5, 5.41) is 8.49. The van der Waals surface area contributed by atoms with Crippen molar-refractivity contribution in [2.45, 2.75) is 0 Å². The minimum atomic E-state index is -1.04. The van der Waals surface area contributed by atoms with Crippen molar-refractivity contribution < 1.29 is 14.6 Å². The minimum Gasteiger partial charge on any atom is -0.479 e. The summed E-state index contributed by atoms with van der Waals surface area (Å²) < 4.78 is 4.98. The Morgan fingerprint density at radius 2 is 2.00 bits per heavy atom. The van der Waals surface area contributed by atoms with Gasteiger partial charge < -0.3 is 9.84 Å². The van der Waals surface area contributed by atoms with Gasteiger partial charge >= 0.3 is 5.97 Å². The second-order valence-corrected chi connectivity index (χ2v) is 3.29. The molecule has 0 fully saturated rings. The molecule has 5 nitrogen and oxygen atoms in total. The zero-order chi connectivity index (χ0) is 12.1. The first-order chi connectivity index (χ1) is 8.25. The molecule has 0 bridgehead atoms. The van der Waals surface area contributed by atoms with Crippen LogP contribution >= 0.6 is 0 Å². The van der Waals surface area contributed by atoms with Crippen LogP contribution in [0.4, 0.5) is 0 Å². The van der Waals surface area contributed by atoms with Gasteiger partial charge in [0.25, 0.3) is 0 Å². The molecule has 0 saturated carbocycles. The third kappa shape index (κ3) is 3.01. The highest BCUT2D eigenvalue weighted by Crippen LogP contribution is 2.18. The van der Waals surface area contributed by atoms with Gasteiger partial charge in [-0.25, -0.2) is 14.8 Å². The van der Waals surface area contributed by atoms with E-state index in [-0.39, 0.29) is 5.88 Å². The summed E-state index contributed by atoms with van der Waals surface area (Å²) in [4.78, 5) is 18.3. The van der Waals surface area contributed by atoms with Crippen LogP contribution in [0.2, 0.25) is 0 Å². The molecule has 0 radical (unpaired) electrons. The summed E-state index contributed by atoms with van der Waals surface area (Å²) in [5.41, 5.74) is 1.62. The van der Waals surface area contributed by atoms with Gasteiger partial charge in [0.2, 0.25) is 5.88 Å². The Morgan fingerprint density at radius 3 is 2.71 bits per heavy atom. The van der Waals surface area contributed by atoms with E-state index in [1.165, 1.54) is 6.33 Å². The molecule has 0 amide bonds. The fraction of sp³-hybridized carbons (Fsp3) is 0.0833. The van der Waals surface area contributed by atoms with E-state index in [2.05, 4.69) is 9.97 Å². The van der Waals surface area contributed by atoms with Crippen LogP contribution in [0.5, 0.6) is 5.88 Å². The molecule has 0 saturated heterocycles. The van der Waals surface area contributed by atoms with E-state index >= 15 is 0 Å². The first kappa shape index (κ1) is 11.1. The Balaban J connectivity index is 2.20. The van der Waals surface area contributed by atoms with Crippen molar-refractivity contribution >= 4 is 5.97 Å². The van der Waals surface area contributed by atoms with Crippen molar-refractivity contribution in [1.29, 1.82) is 0 Å². The van der Waals surface area contributed by atoms with E-state index in [0.29, 0.717) is 5.69 Å². The summed E-state index contributed by atoms with van der Waals surface area (Å²) >= 11 is 0. The van der Waals surface area contributed by atoms with Gasteiger partial charge in [0.15, 0.2) is 6.61 Å². The molecule has 5 heteroatoms. The largest absolute Gasteiger partial charge is 0.479 e. The van der Waals surface area contributed by atoms with Gasteiger partial charge in [-0.3, -0.25) is 0 Å². The van der Waals surface area contributed by atoms with Crippen molar-refractivity contribution in [2.75, 3.05) is 6.61 Å². The van der Waals surface area contributed by atoms with Crippen molar-refractivity contribution in [2.24, 2.45) is 0 Å². The second kappa shape index (κ2) is 5.07. The number of hydrogen-bond donors (Lipinski definition) is 1. The number of aromatic nitrogens is 2. The summed E-state index contributed by atoms with van der Waals surface area (Å²) in [5.74, 6) is -0.786. The van der Waals surface area contributed by atoms with Gasteiger partial charge in [0.1, 0.15) is 6.33 Å². The number of benzene rings is 1. The van der Waals surface area contributed by atoms with E-state index in [1.807, 2.05) is 30.3 Å². The van der Waals surface area contributed by atoms with Crippen LogP contribution in [-0.2, 0) is 4.79 Å². The summed E-state index contributed by atoms with van der Waals surface area (Å²) in [6.07, 6.45) is 1.35. The van der Waals surface area contributed by atoms with Gasteiger partial charge in [0.05, 0.1) is 5.69 Å². The second-order valence-electron chi connectivity index (χ2n) is 3.29. The molecule has 2 rings (SSSR count). The average molecular weight is 230 g/mol. The van der Waals surface area contributed by atoms with E-state index in [4.69, 9.17) is 9.84 Å². The molecule has 0 spiro atoms. The lowest BCUT2D eigenvalue weighted by Crippen LogP contribution is -2.10. The molecule has 1 aromatic carbocycles. The van der Waals surface area contributed by atoms with Crippen molar-refractivity contribution in [3.63, 3.8) is 0 Å². The zero-order valence-electron chi connectivity index (χ0n) is 8.91. The van der Waals surface area contributed by atoms with Crippen molar-refractivity contribution in [3.8, 4) is 17.1 Å². The first-order valence-corrected chi connectivity index (χ1v) is 4.98. The molecule has 2 aromatic rings. The predicted molar refractivity (Wildman–Crippen MR) is 60.6 cm³/mol. The number of rotatable bonds is 4. The Kier molecular flexibility index (Phi) is 3.30. The van der Waals surface area contributed by atoms with Gasteiger partial charge in [0, 0.05) is 11.6 Å². The fourth-order valence-electron chi connectivity index (χ4n) is 1.32. The van der Waals surface area contributed by atoms with Crippen LogP contribution < -0.4 is 4.74 Å². The zero-order valence-corrected chi connectivity index (χ0v) is 8.91. The summed E-state index contributed by atoms with van der Waals surface area (Å²) in [6.45, 7) is -0.411. The maximum Gasteiger partial charge on any atom is 0.341 e. The molecule has 0 aliphatic carbocycles. The van der Waals surface area contributed by atoms with Crippen LogP contribution in [0.25, 0.3) is 11.3 Å². The molecule has 17 heavy (non-hydrogen) atoms. The van der Waals surface area contributed by atoms with Crippen molar-refractivity contribution in [3.05, 3.63) is 42.7 Å². The molecular formula is C12H10N2O3. The third-order valence-corrected chi connectivity index (χ3v) is 2.06. The van der Waals surface area contributed by atoms with Gasteiger partial charge in [-0.05, 0) is 0 Å². The van der Waals surface area contributed by atoms with E-state index in [9.17, 15) is 4.79 Å². The standard InChI is InChI=1S/C12H10N2O3/c15-12(16)7-17-11-6-10(13-8-14-11)9-4-2-1-3-5-9/h1-6,8H,7H2,(H,15,16). The van der Waals surface area contributed by atoms with Crippen molar-refractivity contribution in [1.82, 2.24) is 9.97 Å². The van der Waals surface area contributed by atoms with E-state index in [1.54, 1.807) is 6.07 Å². The van der Waals surface area contributed by atoms with Crippen LogP contribution in [0.3, 0.4) is 0 Å². The van der Waals surface area contributed by atoms with Gasteiger partial charge in [-0.2, -0.15) is 0 Å². The summed E-state index contributed by atoms with van der Waals surface area (Å²) in [6, 6.07) is 11.1. The smallest absolute Gasteiger partial charge is 0.341 e. The normalized spacial score (nSPS) is 9.88. The monoisotopic (exact) mass is 230 g/mol. The van der Waals surface area contributed by atoms with Gasteiger partial charge in [-0.1, -0.05) is 30.3 Å². The number of carboxylic acid groups (broad SMARTS) is 1. The molecule has 1 heterocycles. The molecular weight excluding hydrogens is 220 g/mol. The number of ether oxygens (including phenoxy) is 1. The van der Waals surface area contributed by atoms with E-state index in [0.717, 1.165) is 5.56 Å². The number of carbonyl (C=O) groups is 1. The Bertz CT molecular complexity index is 514. The Hall–Kier alpha value is -2.43. The number of hydrogen-bond acceptors (Lipinski definition) is 4. The summed E-state index contributed by atoms with van der Waals surface area (Å²) in [7, 11) is 0. The topological polar surface area (TPSA) is 72.3 Å². The SMILES string of the molecule is O=C(O)COc1cc(-c2ccccc2)ncn1. The maximum absolute atomic E-state index is 10.4. The average Bonchev–Trinajstić information content (AvgIpc) is 2.38. The highest BCUT2D eigenvalue weighted by atomic mass is 16.5. The third-order valence-electron chi connectivity index (χ3n) is 2.06. The lowest BCUT2D eigenvalue weighted by atomic mass is 10.1. The molecule has 0 atom stereocenters. The van der Waals surface area contributed by atoms with E-state index < -0.39 is 12.6 Å². The Labute approximate surface area is 97.7 Å². The highest BCUT2D eigenvalue weighted by Gasteiger charge is 2.04. The number of nitrogens with zero attached hydrogens (tertiary/aromatic N) is 2. The molecule has 0 aliphatic heterocycles. The lowest BCUT2D eigenvalue weighted by Gasteiger charge is -2.04. The number of carboxylic acids is 1. The van der Waals surface area contributed by atoms with Crippen LogP contribution in [0, 0.1) is 0 Å². The number of aliphatic carboxylic acids is 1. The quantitative estimate of drug-likeness (QED) is 0.863. The fourth-order valence-corrected chi connectivity index (χ4v) is 1.32. The highest BCUT2D eigenvalue weighted by molar-refractivity contribution is 5.68. The molecule has 0 unspecified atom stereocenters. The van der Waals surface area contributed by atoms with Crippen LogP contribution in [0.1, 0.15) is 0 Å². The molecule has 0 aliphatic rings. The lowest BCUT2D eigenvalue weighted by molar-refractivity contribution is -0.139. The van der Waals surface area contributed by atoms with Crippen LogP contribution in [0.15, 0.2) is 42.7 Å². The molecule has 1 N–H and O–H groups in total. The first-order valence-electron chi connectivity index (χ1n) is 4.98. The van der Waals surface area contributed by atoms with Crippen LogP contribution in [-0.4, -0.2) is 27.7 Å². The van der Waals surface area contributed by atoms with Gasteiger partial charge in [-0.15, -0.1) is 0 Å². The molecule has 86 valence electrons. The Morgan fingerprint density at radius 1 is 1.24 bits per heavy atom. The molecule has 1 aromatic heterocycles. The predicted octanol–water partition coefficient (Wildman–Crippen LogP) is 1.61.